The summed E-state index contributed by atoms with van der Waals surface area (Å²) in [6.07, 6.45) is 0.235. The van der Waals surface area contributed by atoms with Crippen LogP contribution < -0.4 is 10.1 Å². The van der Waals surface area contributed by atoms with E-state index in [1.165, 1.54) is 0 Å². The van der Waals surface area contributed by atoms with Crippen LogP contribution in [0.3, 0.4) is 0 Å². The molecule has 2 unspecified atom stereocenters. The second-order valence-electron chi connectivity index (χ2n) is 6.27. The van der Waals surface area contributed by atoms with Crippen LogP contribution >= 0.6 is 35.8 Å². The summed E-state index contributed by atoms with van der Waals surface area (Å²) in [5, 5.41) is 2.29. The van der Waals surface area contributed by atoms with Gasteiger partial charge in [0.25, 0.3) is 5.24 Å². The molecule has 2 heterocycles. The molecule has 1 aromatic heterocycles. The van der Waals surface area contributed by atoms with E-state index >= 15 is 0 Å². The third-order valence-corrected chi connectivity index (χ3v) is 5.49. The van der Waals surface area contributed by atoms with Crippen LogP contribution in [0.4, 0.5) is 4.79 Å². The van der Waals surface area contributed by atoms with E-state index in [0.29, 0.717) is 23.0 Å². The molecule has 2 amide bonds. The van der Waals surface area contributed by atoms with E-state index in [0.717, 1.165) is 28.4 Å². The number of aromatic nitrogens is 2. The summed E-state index contributed by atoms with van der Waals surface area (Å²) in [5.74, 6) is 1.18. The molecule has 0 radical (unpaired) electrons. The van der Waals surface area contributed by atoms with Crippen molar-refractivity contribution >= 4 is 57.9 Å². The number of fused-ring (bicyclic) bond motifs is 1. The van der Waals surface area contributed by atoms with E-state index < -0.39 is 0 Å². The molecule has 28 heavy (non-hydrogen) atoms. The number of rotatable bonds is 5. The zero-order valence-corrected chi connectivity index (χ0v) is 17.2. The van der Waals surface area contributed by atoms with Gasteiger partial charge in [0.15, 0.2) is 6.10 Å². The molecule has 146 valence electrons. The molecule has 1 fully saturated rings. The minimum atomic E-state index is -0.370. The first-order valence-electron chi connectivity index (χ1n) is 8.40. The minimum absolute atomic E-state index is 0. The first-order chi connectivity index (χ1) is 13.0. The monoisotopic (exact) mass is 437 g/mol. The van der Waals surface area contributed by atoms with Gasteiger partial charge < -0.3 is 9.72 Å². The minimum Gasteiger partial charge on any atom is -0.483 e. The number of thioether (sulfide) groups is 1. The van der Waals surface area contributed by atoms with Crippen molar-refractivity contribution in [2.45, 2.75) is 24.7 Å². The number of nitrogens with zero attached hydrogens (tertiary/aromatic N) is 1. The number of imidazole rings is 1. The molecule has 1 aliphatic rings. The fourth-order valence-corrected chi connectivity index (χ4v) is 3.93. The second-order valence-corrected chi connectivity index (χ2v) is 7.89. The van der Waals surface area contributed by atoms with Crippen molar-refractivity contribution in [3.8, 4) is 5.75 Å². The molecule has 0 spiro atoms. The molecule has 2 aromatic carbocycles. The lowest BCUT2D eigenvalue weighted by Crippen LogP contribution is -2.25. The van der Waals surface area contributed by atoms with Crippen molar-refractivity contribution in [1.82, 2.24) is 15.3 Å². The van der Waals surface area contributed by atoms with Gasteiger partial charge in [0, 0.05) is 5.02 Å². The zero-order chi connectivity index (χ0) is 19.0. The molecule has 0 saturated carbocycles. The third kappa shape index (κ3) is 4.43. The van der Waals surface area contributed by atoms with E-state index in [1.807, 2.05) is 43.3 Å². The predicted molar refractivity (Wildman–Crippen MR) is 112 cm³/mol. The van der Waals surface area contributed by atoms with Crippen LogP contribution in [-0.2, 0) is 11.2 Å². The smallest absolute Gasteiger partial charge is 0.286 e. The van der Waals surface area contributed by atoms with E-state index in [-0.39, 0.29) is 34.9 Å². The normalized spacial score (nSPS) is 17.3. The average molecular weight is 438 g/mol. The highest BCUT2D eigenvalue weighted by Gasteiger charge is 2.31. The quantitative estimate of drug-likeness (QED) is 0.605. The van der Waals surface area contributed by atoms with Crippen molar-refractivity contribution in [2.24, 2.45) is 0 Å². The zero-order valence-electron chi connectivity index (χ0n) is 14.8. The summed E-state index contributed by atoms with van der Waals surface area (Å²) >= 11 is 7.04. The number of H-pyrrole nitrogens is 1. The fraction of sp³-hybridized carbons (Fsp3) is 0.211. The maximum atomic E-state index is 11.7. The van der Waals surface area contributed by atoms with Gasteiger partial charge in [-0.25, -0.2) is 4.98 Å². The first kappa shape index (κ1) is 20.5. The van der Waals surface area contributed by atoms with E-state index in [1.54, 1.807) is 6.07 Å². The van der Waals surface area contributed by atoms with E-state index in [4.69, 9.17) is 16.3 Å². The summed E-state index contributed by atoms with van der Waals surface area (Å²) < 4.78 is 5.96. The number of carbonyl (C=O) groups is 2. The van der Waals surface area contributed by atoms with Gasteiger partial charge in [0.2, 0.25) is 5.91 Å². The van der Waals surface area contributed by atoms with Crippen LogP contribution in [0.2, 0.25) is 5.02 Å². The van der Waals surface area contributed by atoms with Gasteiger partial charge in [0.05, 0.1) is 16.3 Å². The Bertz CT molecular complexity index is 1020. The van der Waals surface area contributed by atoms with E-state index in [2.05, 4.69) is 15.3 Å². The average Bonchev–Trinajstić information content (AvgIpc) is 3.19. The fourth-order valence-electron chi connectivity index (χ4n) is 2.90. The molecular formula is C19H17Cl2N3O3S. The van der Waals surface area contributed by atoms with Crippen molar-refractivity contribution < 1.29 is 14.3 Å². The highest BCUT2D eigenvalue weighted by atomic mass is 35.5. The van der Waals surface area contributed by atoms with Crippen molar-refractivity contribution in [3.05, 3.63) is 58.9 Å². The van der Waals surface area contributed by atoms with Gasteiger partial charge >= 0.3 is 0 Å². The standard InChI is InChI=1S/C19H16ClN3O3S.ClH/c1-10(17-21-14-7-4-12(20)9-15(14)22-17)26-13-5-2-11(3-6-13)8-16-18(24)23-19(25)27-16;/h2-7,9-10,16H,8H2,1H3,(H,21,22)(H,23,24,25);1H. The molecule has 9 heteroatoms. The maximum absolute atomic E-state index is 11.7. The number of imide groups is 1. The van der Waals surface area contributed by atoms with Gasteiger partial charge in [-0.3, -0.25) is 14.9 Å². The Morgan fingerprint density at radius 3 is 2.64 bits per heavy atom. The molecule has 1 aliphatic heterocycles. The second kappa shape index (κ2) is 8.43. The molecule has 2 atom stereocenters. The third-order valence-electron chi connectivity index (χ3n) is 4.27. The molecule has 4 rings (SSSR count). The summed E-state index contributed by atoms with van der Waals surface area (Å²) in [7, 11) is 0. The van der Waals surface area contributed by atoms with Gasteiger partial charge in [-0.15, -0.1) is 12.4 Å². The van der Waals surface area contributed by atoms with E-state index in [9.17, 15) is 9.59 Å². The molecule has 0 bridgehead atoms. The van der Waals surface area contributed by atoms with Gasteiger partial charge in [-0.05, 0) is 49.2 Å². The van der Waals surface area contributed by atoms with Crippen LogP contribution in [0.5, 0.6) is 5.75 Å². The Hall–Kier alpha value is -2.22. The van der Waals surface area contributed by atoms with Crippen LogP contribution in [0.15, 0.2) is 42.5 Å². The van der Waals surface area contributed by atoms with Crippen LogP contribution in [0.25, 0.3) is 11.0 Å². The first-order valence-corrected chi connectivity index (χ1v) is 9.66. The Balaban J connectivity index is 0.00000225. The van der Waals surface area contributed by atoms with Crippen molar-refractivity contribution in [1.29, 1.82) is 0 Å². The molecule has 6 nitrogen and oxygen atoms in total. The summed E-state index contributed by atoms with van der Waals surface area (Å²) in [5.41, 5.74) is 2.67. The predicted octanol–water partition coefficient (Wildman–Crippen LogP) is 4.67. The number of ether oxygens (including phenoxy) is 1. The SMILES string of the molecule is CC(Oc1ccc(CC2SC(=O)NC2=O)cc1)c1nc2ccc(Cl)cc2[nH]1.Cl. The summed E-state index contributed by atoms with van der Waals surface area (Å²) in [4.78, 5) is 30.7. The number of nitrogens with one attached hydrogen (secondary N) is 2. The molecule has 1 saturated heterocycles. The highest BCUT2D eigenvalue weighted by molar-refractivity contribution is 8.15. The molecule has 3 aromatic rings. The highest BCUT2D eigenvalue weighted by Crippen LogP contribution is 2.26. The van der Waals surface area contributed by atoms with Gasteiger partial charge in [-0.1, -0.05) is 35.5 Å². The largest absolute Gasteiger partial charge is 0.483 e. The van der Waals surface area contributed by atoms with Gasteiger partial charge in [-0.2, -0.15) is 0 Å². The molecular weight excluding hydrogens is 421 g/mol. The van der Waals surface area contributed by atoms with Crippen molar-refractivity contribution in [3.63, 3.8) is 0 Å². The Kier molecular flexibility index (Phi) is 6.17. The Morgan fingerprint density at radius 2 is 1.96 bits per heavy atom. The van der Waals surface area contributed by atoms with Crippen LogP contribution in [-0.4, -0.2) is 26.4 Å². The topological polar surface area (TPSA) is 84.1 Å². The number of halogens is 2. The number of carbonyl (C=O) groups excluding carboxylic acids is 2. The number of hydrogen-bond acceptors (Lipinski definition) is 5. The maximum Gasteiger partial charge on any atom is 0.286 e. The Labute approximate surface area is 176 Å². The number of amides is 2. The summed E-state index contributed by atoms with van der Waals surface area (Å²) in [6.45, 7) is 1.92. The Morgan fingerprint density at radius 1 is 1.21 bits per heavy atom. The number of aromatic amines is 1. The van der Waals surface area contributed by atoms with Crippen molar-refractivity contribution in [2.75, 3.05) is 0 Å². The van der Waals surface area contributed by atoms with Crippen LogP contribution in [0.1, 0.15) is 24.4 Å². The number of benzene rings is 2. The lowest BCUT2D eigenvalue weighted by atomic mass is 10.1. The van der Waals surface area contributed by atoms with Crippen LogP contribution in [0, 0.1) is 0 Å². The lowest BCUT2D eigenvalue weighted by molar-refractivity contribution is -0.118. The number of hydrogen-bond donors (Lipinski definition) is 2. The molecule has 2 N–H and O–H groups in total. The van der Waals surface area contributed by atoms with Gasteiger partial charge in [0.1, 0.15) is 11.6 Å². The lowest BCUT2D eigenvalue weighted by Gasteiger charge is -2.13. The summed E-state index contributed by atoms with van der Waals surface area (Å²) in [6, 6.07) is 13.0. The molecule has 0 aliphatic carbocycles.